The van der Waals surface area contributed by atoms with Gasteiger partial charge in [0.1, 0.15) is 131 Å². The largest absolute Gasteiger partial charge is 0.394 e. The lowest BCUT2D eigenvalue weighted by Crippen LogP contribution is -2.33. The maximum absolute atomic E-state index is 9.98. The van der Waals surface area contributed by atoms with E-state index in [1.165, 1.54) is 19.0 Å². The Hall–Kier alpha value is -4.23. The average Bonchev–Trinajstić information content (AvgIpc) is 4.11. The van der Waals surface area contributed by atoms with Gasteiger partial charge in [0.25, 0.3) is 0 Å². The van der Waals surface area contributed by atoms with E-state index in [2.05, 4.69) is 48.5 Å². The molecule has 458 valence electrons. The molecule has 0 saturated carbocycles. The molecule has 20 atom stereocenters. The number of fused-ring (bicyclic) bond motifs is 5. The van der Waals surface area contributed by atoms with Gasteiger partial charge in [-0.1, -0.05) is 48.7 Å². The summed E-state index contributed by atoms with van der Waals surface area (Å²) in [5.74, 6) is -0.782. The lowest BCUT2D eigenvalue weighted by Gasteiger charge is -2.24. The van der Waals surface area contributed by atoms with Crippen molar-refractivity contribution in [2.75, 3.05) is 25.6 Å². The van der Waals surface area contributed by atoms with Gasteiger partial charge in [0, 0.05) is 18.6 Å². The molecular formula is C51H69Cl3N10O19. The van der Waals surface area contributed by atoms with Crippen molar-refractivity contribution in [2.24, 2.45) is 0 Å². The van der Waals surface area contributed by atoms with Crippen molar-refractivity contribution in [3.05, 3.63) is 66.1 Å². The first-order valence-corrected chi connectivity index (χ1v) is 27.9. The third kappa shape index (κ3) is 12.8. The van der Waals surface area contributed by atoms with Gasteiger partial charge in [-0.25, -0.2) is 29.9 Å². The number of hydrogen-bond donors (Lipinski definition) is 11. The molecule has 13 rings (SSSR count). The predicted molar refractivity (Wildman–Crippen MR) is 290 cm³/mol. The van der Waals surface area contributed by atoms with Gasteiger partial charge in [0.2, 0.25) is 0 Å². The van der Waals surface area contributed by atoms with E-state index in [9.17, 15) is 20.4 Å². The van der Waals surface area contributed by atoms with E-state index in [-0.39, 0.29) is 61.6 Å². The zero-order chi connectivity index (χ0) is 60.0. The fourth-order valence-electron chi connectivity index (χ4n) is 10.8. The van der Waals surface area contributed by atoms with Crippen molar-refractivity contribution in [1.82, 2.24) is 43.6 Å². The molecular weight excluding hydrogens is 1160 g/mol. The fraction of sp³-hybridized carbons (Fsp3) is 0.647. The van der Waals surface area contributed by atoms with Crippen LogP contribution in [0.5, 0.6) is 0 Å². The molecule has 29 nitrogen and oxygen atoms in total. The van der Waals surface area contributed by atoms with Gasteiger partial charge in [0.15, 0.2) is 42.1 Å². The smallest absolute Gasteiger partial charge is 0.184 e. The van der Waals surface area contributed by atoms with E-state index >= 15 is 0 Å². The minimum Gasteiger partial charge on any atom is -0.394 e. The molecule has 12 N–H and O–H groups in total. The molecule has 0 aromatic carbocycles. The van der Waals surface area contributed by atoms with Gasteiger partial charge in [-0.2, -0.15) is 0 Å². The van der Waals surface area contributed by atoms with Gasteiger partial charge in [-0.15, -0.1) is 0 Å². The third-order valence-electron chi connectivity index (χ3n) is 14.9. The lowest BCUT2D eigenvalue weighted by atomic mass is 10.1. The Morgan fingerprint density at radius 2 is 0.843 bits per heavy atom. The molecule has 7 fully saturated rings. The highest BCUT2D eigenvalue weighted by Gasteiger charge is 2.56. The topological polar surface area (TPSA) is 404 Å². The van der Waals surface area contributed by atoms with Crippen molar-refractivity contribution >= 4 is 73.7 Å². The Balaban J connectivity index is 0.000000128. The molecule has 6 aromatic rings. The highest BCUT2D eigenvalue weighted by molar-refractivity contribution is 6.34. The minimum atomic E-state index is -1.38. The van der Waals surface area contributed by atoms with Crippen LogP contribution in [0.25, 0.3) is 33.1 Å². The number of aliphatic hydroxyl groups is 10. The number of aliphatic hydroxyl groups excluding tert-OH is 10. The summed E-state index contributed by atoms with van der Waals surface area (Å²) in [5.41, 5.74) is 7.10. The zero-order valence-electron chi connectivity index (χ0n) is 45.7. The summed E-state index contributed by atoms with van der Waals surface area (Å²) in [7, 11) is 0. The maximum atomic E-state index is 9.98. The van der Waals surface area contributed by atoms with Gasteiger partial charge in [-0.05, 0) is 58.7 Å². The molecule has 32 heteroatoms. The molecule has 13 heterocycles. The van der Waals surface area contributed by atoms with Crippen LogP contribution in [-0.4, -0.2) is 229 Å². The molecule has 0 bridgehead atoms. The monoisotopic (exact) mass is 1230 g/mol. The highest BCUT2D eigenvalue weighted by Crippen LogP contribution is 2.45. The SMILES string of the molecule is CC[C@H]1O[C@@H](n2ccc3c(Cl)ncnc32)[C@H]2OC(C)(C)OC12.CC[C@H]1O[C@H](Cl)[C@H]2OC(C)(C)OC12.Nc1ncnc2c1ccn2[C@@H]1O[C@H](CO)C(O)[C@@H]1O.OC[C@H]1OC(O)[C@@H](O)C1O.OC[C@H]1O[C@@H](n2ccc3c(Cl)ncnc32)[C@@H](O)C1O. The summed E-state index contributed by atoms with van der Waals surface area (Å²) in [6.45, 7) is 10.7. The molecule has 7 aliphatic heterocycles. The normalized spacial score (nSPS) is 36.4. The zero-order valence-corrected chi connectivity index (χ0v) is 47.9. The third-order valence-corrected chi connectivity index (χ3v) is 15.8. The molecule has 7 saturated heterocycles. The van der Waals surface area contributed by atoms with Crippen LogP contribution in [0.3, 0.4) is 0 Å². The number of hydrogen-bond acceptors (Lipinski definition) is 26. The Labute approximate surface area is 488 Å². The number of aromatic nitrogens is 9. The lowest BCUT2D eigenvalue weighted by molar-refractivity contribution is -0.196. The summed E-state index contributed by atoms with van der Waals surface area (Å²) in [6.07, 6.45) is -2.11. The molecule has 6 aromatic heterocycles. The van der Waals surface area contributed by atoms with Gasteiger partial charge < -0.3 is 113 Å². The van der Waals surface area contributed by atoms with Gasteiger partial charge >= 0.3 is 0 Å². The van der Waals surface area contributed by atoms with Crippen LogP contribution in [0.15, 0.2) is 55.8 Å². The minimum absolute atomic E-state index is 0.00231. The number of nitrogen functional groups attached to an aromatic ring is 1. The van der Waals surface area contributed by atoms with Gasteiger partial charge in [0.05, 0.1) is 48.2 Å². The number of anilines is 1. The number of rotatable bonds is 8. The summed E-state index contributed by atoms with van der Waals surface area (Å²) >= 11 is 18.1. The number of alkyl halides is 1. The molecule has 7 aliphatic rings. The summed E-state index contributed by atoms with van der Waals surface area (Å²) in [6, 6.07) is 5.31. The fourth-order valence-corrected chi connectivity index (χ4v) is 11.5. The number of halogens is 3. The second kappa shape index (κ2) is 26.0. The van der Waals surface area contributed by atoms with Crippen LogP contribution in [-0.2, 0) is 42.6 Å². The van der Waals surface area contributed by atoms with E-state index < -0.39 is 91.9 Å². The van der Waals surface area contributed by atoms with E-state index in [4.69, 9.17) is 109 Å². The van der Waals surface area contributed by atoms with Crippen molar-refractivity contribution in [1.29, 1.82) is 0 Å². The van der Waals surface area contributed by atoms with Crippen molar-refractivity contribution in [3.8, 4) is 0 Å². The Kier molecular flexibility index (Phi) is 19.8. The molecule has 0 amide bonds. The van der Waals surface area contributed by atoms with E-state index in [0.717, 1.165) is 23.9 Å². The molecule has 6 unspecified atom stereocenters. The van der Waals surface area contributed by atoms with Crippen molar-refractivity contribution in [2.45, 2.75) is 188 Å². The average molecular weight is 1230 g/mol. The maximum Gasteiger partial charge on any atom is 0.184 e. The van der Waals surface area contributed by atoms with Crippen LogP contribution >= 0.6 is 34.8 Å². The predicted octanol–water partition coefficient (Wildman–Crippen LogP) is 0.531. The van der Waals surface area contributed by atoms with Crippen molar-refractivity contribution < 1.29 is 93.7 Å². The van der Waals surface area contributed by atoms with E-state index in [0.29, 0.717) is 38.2 Å². The van der Waals surface area contributed by atoms with Crippen LogP contribution in [0.2, 0.25) is 10.3 Å². The molecule has 0 spiro atoms. The molecule has 0 radical (unpaired) electrons. The van der Waals surface area contributed by atoms with Crippen LogP contribution in [0.1, 0.15) is 73.1 Å². The number of ether oxygens (including phenoxy) is 9. The standard InChI is InChI=1S/C15H18ClN3O3.C11H12ClN3O4.C11H14N4O4.C9H15ClO3.C5H10O5/c1-4-9-10-11(22-15(2,3)21-10)14(20-9)19-6-5-8-12(16)17-7-18-13(8)19;2*12-9-5-1-2-15(10(5)14-4-13-9)11-8(18)7(17)6(3-16)19-11;1-4-5-6-7(8(10)11-5)13-9(2,3)12-6;6-1-2-3(7)4(8)5(9)10-2/h5-7,9-11,14H,4H2,1-3H3;1-2,4,6-8,11,16-18H,3H2;1-2,4,6-8,11,16-18H,3H2,(H2,12,13,14);5-8H,4H2,1-3H3;2-9H,1H2/t9-,10?,11+,14-;2*6-,7?,8+,11-;5-,6?,7+,8+;2-,3?,4+,5?/m11111/s1. The van der Waals surface area contributed by atoms with E-state index in [1.807, 2.05) is 44.5 Å². The summed E-state index contributed by atoms with van der Waals surface area (Å²) < 4.78 is 55.6. The first-order chi connectivity index (χ1) is 39.5. The second-order valence-electron chi connectivity index (χ2n) is 21.2. The number of nitrogens with two attached hydrogens (primary N) is 1. The highest BCUT2D eigenvalue weighted by atomic mass is 35.5. The van der Waals surface area contributed by atoms with Crippen LogP contribution < -0.4 is 5.73 Å². The Morgan fingerprint density at radius 3 is 1.28 bits per heavy atom. The van der Waals surface area contributed by atoms with Crippen molar-refractivity contribution in [3.63, 3.8) is 0 Å². The molecule has 0 aliphatic carbocycles. The summed E-state index contributed by atoms with van der Waals surface area (Å²) in [4.78, 5) is 24.3. The first-order valence-electron chi connectivity index (χ1n) is 26.7. The molecule has 83 heavy (non-hydrogen) atoms. The number of nitrogens with zero attached hydrogens (tertiary/aromatic N) is 9. The quantitative estimate of drug-likeness (QED) is 0.0731. The Morgan fingerprint density at radius 1 is 0.470 bits per heavy atom. The Bertz CT molecular complexity index is 3020. The van der Waals surface area contributed by atoms with Gasteiger partial charge in [-0.3, -0.25) is 0 Å². The van der Waals surface area contributed by atoms with Crippen LogP contribution in [0.4, 0.5) is 5.82 Å². The van der Waals surface area contributed by atoms with Crippen LogP contribution in [0, 0.1) is 0 Å². The summed E-state index contributed by atoms with van der Waals surface area (Å²) in [5, 5.41) is 95.4. The first kappa shape index (κ1) is 63.3. The van der Waals surface area contributed by atoms with E-state index in [1.54, 1.807) is 33.7 Å². The second-order valence-corrected chi connectivity index (χ2v) is 22.3.